The van der Waals surface area contributed by atoms with Crippen molar-refractivity contribution in [2.24, 2.45) is 0 Å². The summed E-state index contributed by atoms with van der Waals surface area (Å²) in [6.07, 6.45) is 1.49. The molecule has 0 bridgehead atoms. The van der Waals surface area contributed by atoms with Crippen molar-refractivity contribution in [2.75, 3.05) is 26.3 Å². The predicted octanol–water partition coefficient (Wildman–Crippen LogP) is 1.33. The number of piperidine rings is 1. The Morgan fingerprint density at radius 3 is 2.46 bits per heavy atom. The van der Waals surface area contributed by atoms with Gasteiger partial charge in [-0.2, -0.15) is 0 Å². The number of amides is 1. The summed E-state index contributed by atoms with van der Waals surface area (Å²) in [5.41, 5.74) is 7.57. The Hall–Kier alpha value is -0.990. The standard InChI is InChI=1S/C17H22BrN3O3/c18-13-14(12-4-2-1-3-5-12)19-20-15(13)16(22)21-8-6-17(7-9-21)23-10-11-24-17/h1-5,13-15,19-20H,6-11H2. The zero-order valence-corrected chi connectivity index (χ0v) is 15.0. The van der Waals surface area contributed by atoms with Gasteiger partial charge in [0.15, 0.2) is 5.79 Å². The maximum Gasteiger partial charge on any atom is 0.242 e. The molecule has 1 spiro atoms. The number of ether oxygens (including phenoxy) is 2. The molecular weight excluding hydrogens is 374 g/mol. The third kappa shape index (κ3) is 2.99. The van der Waals surface area contributed by atoms with Gasteiger partial charge >= 0.3 is 0 Å². The average molecular weight is 396 g/mol. The van der Waals surface area contributed by atoms with Gasteiger partial charge in [-0.05, 0) is 5.56 Å². The molecule has 3 unspecified atom stereocenters. The number of benzene rings is 1. The molecule has 0 radical (unpaired) electrons. The molecule has 7 heteroatoms. The van der Waals surface area contributed by atoms with Gasteiger partial charge in [0.25, 0.3) is 0 Å². The van der Waals surface area contributed by atoms with E-state index in [0.29, 0.717) is 26.3 Å². The van der Waals surface area contributed by atoms with Gasteiger partial charge < -0.3 is 14.4 Å². The summed E-state index contributed by atoms with van der Waals surface area (Å²) in [4.78, 5) is 14.8. The summed E-state index contributed by atoms with van der Waals surface area (Å²) in [7, 11) is 0. The number of hydrogen-bond donors (Lipinski definition) is 2. The van der Waals surface area contributed by atoms with Crippen molar-refractivity contribution < 1.29 is 14.3 Å². The van der Waals surface area contributed by atoms with E-state index in [4.69, 9.17) is 9.47 Å². The van der Waals surface area contributed by atoms with Crippen LogP contribution in [0.4, 0.5) is 0 Å². The number of carbonyl (C=O) groups is 1. The van der Waals surface area contributed by atoms with Crippen LogP contribution in [0, 0.1) is 0 Å². The molecule has 0 aliphatic carbocycles. The third-order valence-electron chi connectivity index (χ3n) is 5.11. The molecule has 3 heterocycles. The van der Waals surface area contributed by atoms with Gasteiger partial charge in [0.1, 0.15) is 6.04 Å². The van der Waals surface area contributed by atoms with Crippen molar-refractivity contribution in [1.82, 2.24) is 15.8 Å². The van der Waals surface area contributed by atoms with Gasteiger partial charge in [-0.15, -0.1) is 0 Å². The first-order chi connectivity index (χ1) is 11.7. The van der Waals surface area contributed by atoms with Crippen LogP contribution in [-0.4, -0.2) is 53.8 Å². The summed E-state index contributed by atoms with van der Waals surface area (Å²) in [5.74, 6) is -0.325. The fraction of sp³-hybridized carbons (Fsp3) is 0.588. The lowest BCUT2D eigenvalue weighted by Gasteiger charge is -2.38. The Labute approximate surface area is 150 Å². The smallest absolute Gasteiger partial charge is 0.242 e. The molecule has 1 amide bonds. The van der Waals surface area contributed by atoms with Crippen LogP contribution >= 0.6 is 15.9 Å². The first kappa shape index (κ1) is 16.5. The van der Waals surface area contributed by atoms with E-state index in [-0.39, 0.29) is 22.8 Å². The molecule has 0 saturated carbocycles. The first-order valence-corrected chi connectivity index (χ1v) is 9.37. The van der Waals surface area contributed by atoms with E-state index in [1.165, 1.54) is 0 Å². The minimum Gasteiger partial charge on any atom is -0.347 e. The zero-order chi connectivity index (χ0) is 16.6. The minimum atomic E-state index is -0.446. The molecule has 24 heavy (non-hydrogen) atoms. The largest absolute Gasteiger partial charge is 0.347 e. The van der Waals surface area contributed by atoms with E-state index in [9.17, 15) is 4.79 Å². The summed E-state index contributed by atoms with van der Waals surface area (Å²) in [6, 6.07) is 9.94. The lowest BCUT2D eigenvalue weighted by molar-refractivity contribution is -0.187. The molecule has 1 aromatic rings. The molecule has 1 aromatic carbocycles. The van der Waals surface area contributed by atoms with Gasteiger partial charge in [-0.25, -0.2) is 10.9 Å². The van der Waals surface area contributed by atoms with Crippen LogP contribution in [0.3, 0.4) is 0 Å². The molecule has 3 aliphatic rings. The van der Waals surface area contributed by atoms with Crippen molar-refractivity contribution in [3.8, 4) is 0 Å². The van der Waals surface area contributed by atoms with Crippen LogP contribution in [0.25, 0.3) is 0 Å². The lowest BCUT2D eigenvalue weighted by Crippen LogP contribution is -2.53. The molecule has 3 aliphatic heterocycles. The fourth-order valence-electron chi connectivity index (χ4n) is 3.71. The monoisotopic (exact) mass is 395 g/mol. The Kier molecular flexibility index (Phi) is 4.62. The summed E-state index contributed by atoms with van der Waals surface area (Å²) in [6.45, 7) is 2.66. The van der Waals surface area contributed by atoms with Gasteiger partial charge in [0.2, 0.25) is 5.91 Å². The van der Waals surface area contributed by atoms with E-state index in [0.717, 1.165) is 18.4 Å². The van der Waals surface area contributed by atoms with Crippen LogP contribution in [0.2, 0.25) is 0 Å². The van der Waals surface area contributed by atoms with Gasteiger partial charge in [-0.3, -0.25) is 4.79 Å². The molecular formula is C17H22BrN3O3. The maximum absolute atomic E-state index is 12.9. The third-order valence-corrected chi connectivity index (χ3v) is 6.16. The molecule has 0 aromatic heterocycles. The Balaban J connectivity index is 1.39. The van der Waals surface area contributed by atoms with Crippen LogP contribution in [-0.2, 0) is 14.3 Å². The van der Waals surface area contributed by atoms with Crippen molar-refractivity contribution >= 4 is 21.8 Å². The second kappa shape index (κ2) is 6.72. The fourth-order valence-corrected chi connectivity index (χ4v) is 4.50. The molecule has 3 fully saturated rings. The number of nitrogens with one attached hydrogen (secondary N) is 2. The summed E-state index contributed by atoms with van der Waals surface area (Å²) in [5, 5.41) is 0. The number of nitrogens with zero attached hydrogens (tertiary/aromatic N) is 1. The molecule has 130 valence electrons. The van der Waals surface area contributed by atoms with Crippen LogP contribution in [0.5, 0.6) is 0 Å². The highest BCUT2D eigenvalue weighted by molar-refractivity contribution is 9.09. The van der Waals surface area contributed by atoms with E-state index < -0.39 is 5.79 Å². The van der Waals surface area contributed by atoms with E-state index >= 15 is 0 Å². The molecule has 3 atom stereocenters. The highest BCUT2D eigenvalue weighted by Gasteiger charge is 2.45. The molecule has 2 N–H and O–H groups in total. The van der Waals surface area contributed by atoms with Crippen molar-refractivity contribution in [2.45, 2.75) is 35.5 Å². The Morgan fingerprint density at radius 2 is 1.79 bits per heavy atom. The molecule has 3 saturated heterocycles. The van der Waals surface area contributed by atoms with Crippen molar-refractivity contribution in [3.63, 3.8) is 0 Å². The number of rotatable bonds is 2. The van der Waals surface area contributed by atoms with Crippen LogP contribution in [0.1, 0.15) is 24.4 Å². The summed E-state index contributed by atoms with van der Waals surface area (Å²) >= 11 is 3.71. The van der Waals surface area contributed by atoms with E-state index in [1.54, 1.807) is 0 Å². The quantitative estimate of drug-likeness (QED) is 0.739. The number of halogens is 1. The molecule has 6 nitrogen and oxygen atoms in total. The van der Waals surface area contributed by atoms with Crippen molar-refractivity contribution in [1.29, 1.82) is 0 Å². The second-order valence-corrected chi connectivity index (χ2v) is 7.59. The first-order valence-electron chi connectivity index (χ1n) is 8.45. The predicted molar refractivity (Wildman–Crippen MR) is 92.4 cm³/mol. The number of hydrogen-bond acceptors (Lipinski definition) is 5. The van der Waals surface area contributed by atoms with E-state index in [2.05, 4.69) is 38.9 Å². The zero-order valence-electron chi connectivity index (χ0n) is 13.4. The van der Waals surface area contributed by atoms with Crippen LogP contribution < -0.4 is 10.9 Å². The normalized spacial score (nSPS) is 32.4. The molecule has 4 rings (SSSR count). The van der Waals surface area contributed by atoms with Crippen LogP contribution in [0.15, 0.2) is 30.3 Å². The highest BCUT2D eigenvalue weighted by Crippen LogP contribution is 2.33. The summed E-state index contributed by atoms with van der Waals surface area (Å²) < 4.78 is 11.5. The maximum atomic E-state index is 12.9. The number of alkyl halides is 1. The Bertz CT molecular complexity index is 584. The minimum absolute atomic E-state index is 0.00210. The average Bonchev–Trinajstić information content (AvgIpc) is 3.23. The second-order valence-electron chi connectivity index (χ2n) is 6.53. The Morgan fingerprint density at radius 1 is 1.12 bits per heavy atom. The van der Waals surface area contributed by atoms with Crippen molar-refractivity contribution in [3.05, 3.63) is 35.9 Å². The SMILES string of the molecule is O=C(C1NNC(c2ccccc2)C1Br)N1CCC2(CC1)OCCO2. The van der Waals surface area contributed by atoms with E-state index in [1.807, 2.05) is 23.1 Å². The highest BCUT2D eigenvalue weighted by atomic mass is 79.9. The van der Waals surface area contributed by atoms with Gasteiger partial charge in [0.05, 0.1) is 24.1 Å². The lowest BCUT2D eigenvalue weighted by atomic mass is 9.99. The number of hydrazine groups is 1. The van der Waals surface area contributed by atoms with Gasteiger partial charge in [0, 0.05) is 25.9 Å². The number of carbonyl (C=O) groups excluding carboxylic acids is 1. The number of likely N-dealkylation sites (tertiary alicyclic amines) is 1. The topological polar surface area (TPSA) is 62.8 Å². The van der Waals surface area contributed by atoms with Gasteiger partial charge in [-0.1, -0.05) is 46.3 Å².